The van der Waals surface area contributed by atoms with Crippen molar-refractivity contribution in [1.82, 2.24) is 5.32 Å². The summed E-state index contributed by atoms with van der Waals surface area (Å²) in [5.41, 5.74) is 5.19. The first kappa shape index (κ1) is 12.1. The minimum Gasteiger partial charge on any atom is -0.342 e. The van der Waals surface area contributed by atoms with Gasteiger partial charge in [-0.1, -0.05) is 0 Å². The maximum Gasteiger partial charge on any atom is 0.201 e. The second-order valence-corrected chi connectivity index (χ2v) is 6.83. The van der Waals surface area contributed by atoms with Crippen LogP contribution in [0.4, 0.5) is 0 Å². The second kappa shape index (κ2) is 5.82. The van der Waals surface area contributed by atoms with E-state index in [1.807, 2.05) is 13.8 Å². The first-order valence-corrected chi connectivity index (χ1v) is 7.73. The van der Waals surface area contributed by atoms with Crippen molar-refractivity contribution in [2.75, 3.05) is 26.3 Å². The SMILES string of the molecule is CCOC1(OCC)NCC[SiH]1CCN. The standard InChI is InChI=1S/C9H22N2O2Si/c1-3-12-9(13-4-2)11-6-8-14(9)7-5-10/h11,14H,3-8,10H2,1-2H3. The minimum absolute atomic E-state index is 0.428. The number of ether oxygens (including phenoxy) is 2. The molecule has 14 heavy (non-hydrogen) atoms. The molecule has 5 heteroatoms. The van der Waals surface area contributed by atoms with Crippen LogP contribution in [0.2, 0.25) is 12.1 Å². The summed E-state index contributed by atoms with van der Waals surface area (Å²) in [5.74, 6) is 0. The van der Waals surface area contributed by atoms with E-state index in [9.17, 15) is 0 Å². The van der Waals surface area contributed by atoms with Gasteiger partial charge in [0.25, 0.3) is 0 Å². The van der Waals surface area contributed by atoms with Crippen molar-refractivity contribution in [2.24, 2.45) is 5.73 Å². The molecule has 0 bridgehead atoms. The van der Waals surface area contributed by atoms with Crippen molar-refractivity contribution in [2.45, 2.75) is 31.5 Å². The summed E-state index contributed by atoms with van der Waals surface area (Å²) in [6.07, 6.45) is 0. The highest BCUT2D eigenvalue weighted by Crippen LogP contribution is 2.24. The smallest absolute Gasteiger partial charge is 0.201 e. The van der Waals surface area contributed by atoms with Gasteiger partial charge in [0.05, 0.1) is 0 Å². The molecule has 1 unspecified atom stereocenters. The molecule has 0 amide bonds. The van der Waals surface area contributed by atoms with Crippen molar-refractivity contribution >= 4 is 8.80 Å². The molecule has 0 aromatic heterocycles. The van der Waals surface area contributed by atoms with Gasteiger partial charge in [0, 0.05) is 13.2 Å². The summed E-state index contributed by atoms with van der Waals surface area (Å²) in [4.78, 5) is 0. The van der Waals surface area contributed by atoms with Crippen LogP contribution in [0.5, 0.6) is 0 Å². The normalized spacial score (nSPS) is 25.5. The van der Waals surface area contributed by atoms with Gasteiger partial charge in [-0.05, 0) is 39.0 Å². The number of hydrogen-bond donors (Lipinski definition) is 2. The molecule has 1 fully saturated rings. The highest BCUT2D eigenvalue weighted by molar-refractivity contribution is 6.62. The summed E-state index contributed by atoms with van der Waals surface area (Å²) >= 11 is 0. The van der Waals surface area contributed by atoms with Crippen LogP contribution in [0, 0.1) is 0 Å². The van der Waals surface area contributed by atoms with Gasteiger partial charge in [0.2, 0.25) is 5.53 Å². The Morgan fingerprint density at radius 1 is 1.36 bits per heavy atom. The summed E-state index contributed by atoms with van der Waals surface area (Å²) in [6, 6.07) is 2.31. The molecule has 0 spiro atoms. The lowest BCUT2D eigenvalue weighted by Crippen LogP contribution is -2.55. The molecule has 1 saturated heterocycles. The summed E-state index contributed by atoms with van der Waals surface area (Å²) in [7, 11) is -1.05. The van der Waals surface area contributed by atoms with E-state index >= 15 is 0 Å². The third-order valence-electron chi connectivity index (χ3n) is 2.63. The Labute approximate surface area is 87.7 Å². The molecule has 4 nitrogen and oxygen atoms in total. The fraction of sp³-hybridized carbons (Fsp3) is 1.00. The van der Waals surface area contributed by atoms with E-state index in [-0.39, 0.29) is 0 Å². The van der Waals surface area contributed by atoms with Gasteiger partial charge >= 0.3 is 0 Å². The fourth-order valence-corrected chi connectivity index (χ4v) is 5.28. The quantitative estimate of drug-likeness (QED) is 0.488. The van der Waals surface area contributed by atoms with Crippen molar-refractivity contribution in [3.8, 4) is 0 Å². The molecule has 1 aliphatic rings. The van der Waals surface area contributed by atoms with E-state index in [0.29, 0.717) is 13.2 Å². The Balaban J connectivity index is 2.61. The number of hydrogen-bond acceptors (Lipinski definition) is 4. The van der Waals surface area contributed by atoms with E-state index in [1.54, 1.807) is 0 Å². The predicted octanol–water partition coefficient (Wildman–Crippen LogP) is 0.0414. The summed E-state index contributed by atoms with van der Waals surface area (Å²) in [6.45, 7) is 7.17. The van der Waals surface area contributed by atoms with Gasteiger partial charge in [-0.15, -0.1) is 0 Å². The summed E-state index contributed by atoms with van der Waals surface area (Å²) < 4.78 is 11.5. The molecule has 1 heterocycles. The predicted molar refractivity (Wildman–Crippen MR) is 59.8 cm³/mol. The molecule has 1 atom stereocenters. The number of rotatable bonds is 6. The molecule has 0 radical (unpaired) electrons. The molecule has 0 aromatic rings. The van der Waals surface area contributed by atoms with Gasteiger partial charge in [-0.25, -0.2) is 0 Å². The van der Waals surface area contributed by atoms with Crippen LogP contribution in [0.3, 0.4) is 0 Å². The average Bonchev–Trinajstić information content (AvgIpc) is 2.51. The lowest BCUT2D eigenvalue weighted by Gasteiger charge is -2.34. The third-order valence-corrected chi connectivity index (χ3v) is 6.26. The lowest BCUT2D eigenvalue weighted by atomic mass is 10.7. The molecular weight excluding hydrogens is 196 g/mol. The van der Waals surface area contributed by atoms with Crippen molar-refractivity contribution in [3.63, 3.8) is 0 Å². The Morgan fingerprint density at radius 2 is 2.00 bits per heavy atom. The zero-order valence-electron chi connectivity index (χ0n) is 9.21. The highest BCUT2D eigenvalue weighted by Gasteiger charge is 2.44. The Hall–Kier alpha value is 0.0569. The minimum atomic E-state index is -1.05. The zero-order valence-corrected chi connectivity index (χ0v) is 10.4. The zero-order chi connectivity index (χ0) is 10.4. The molecular formula is C9H22N2O2Si. The lowest BCUT2D eigenvalue weighted by molar-refractivity contribution is -0.191. The molecule has 0 aliphatic carbocycles. The van der Waals surface area contributed by atoms with Crippen LogP contribution in [-0.2, 0) is 9.47 Å². The fourth-order valence-electron chi connectivity index (χ4n) is 2.10. The van der Waals surface area contributed by atoms with Crippen molar-refractivity contribution < 1.29 is 9.47 Å². The van der Waals surface area contributed by atoms with E-state index in [4.69, 9.17) is 15.2 Å². The van der Waals surface area contributed by atoms with Crippen molar-refractivity contribution in [3.05, 3.63) is 0 Å². The molecule has 1 aliphatic heterocycles. The van der Waals surface area contributed by atoms with E-state index in [1.165, 1.54) is 6.04 Å². The highest BCUT2D eigenvalue weighted by atomic mass is 28.3. The third kappa shape index (κ3) is 2.55. The largest absolute Gasteiger partial charge is 0.342 e. The van der Waals surface area contributed by atoms with Crippen LogP contribution in [0.25, 0.3) is 0 Å². The van der Waals surface area contributed by atoms with E-state index < -0.39 is 14.3 Å². The Morgan fingerprint density at radius 3 is 2.50 bits per heavy atom. The maximum atomic E-state index is 5.77. The Bertz CT molecular complexity index is 163. The van der Waals surface area contributed by atoms with Crippen LogP contribution < -0.4 is 11.1 Å². The van der Waals surface area contributed by atoms with Gasteiger partial charge in [0.15, 0.2) is 0 Å². The Kier molecular flexibility index (Phi) is 5.04. The molecule has 0 saturated carbocycles. The second-order valence-electron chi connectivity index (χ2n) is 3.52. The first-order chi connectivity index (χ1) is 6.79. The average molecular weight is 218 g/mol. The van der Waals surface area contributed by atoms with Crippen LogP contribution in [-0.4, -0.2) is 40.6 Å². The van der Waals surface area contributed by atoms with Crippen LogP contribution in [0.1, 0.15) is 13.8 Å². The van der Waals surface area contributed by atoms with E-state index in [0.717, 1.165) is 19.1 Å². The molecule has 84 valence electrons. The van der Waals surface area contributed by atoms with Crippen molar-refractivity contribution in [1.29, 1.82) is 0 Å². The topological polar surface area (TPSA) is 56.5 Å². The molecule has 0 aromatic carbocycles. The summed E-state index contributed by atoms with van der Waals surface area (Å²) in [5, 5.41) is 3.37. The maximum absolute atomic E-state index is 5.77. The molecule has 1 rings (SSSR count). The van der Waals surface area contributed by atoms with Gasteiger partial charge < -0.3 is 15.2 Å². The van der Waals surface area contributed by atoms with Gasteiger partial charge in [-0.3, -0.25) is 5.32 Å². The van der Waals surface area contributed by atoms with Crippen LogP contribution >= 0.6 is 0 Å². The first-order valence-electron chi connectivity index (χ1n) is 5.52. The monoisotopic (exact) mass is 218 g/mol. The van der Waals surface area contributed by atoms with Crippen LogP contribution in [0.15, 0.2) is 0 Å². The number of nitrogens with two attached hydrogens (primary N) is 1. The van der Waals surface area contributed by atoms with Gasteiger partial charge in [-0.2, -0.15) is 0 Å². The number of nitrogens with one attached hydrogen (secondary N) is 1. The van der Waals surface area contributed by atoms with E-state index in [2.05, 4.69) is 5.32 Å². The van der Waals surface area contributed by atoms with Gasteiger partial charge in [0.1, 0.15) is 8.80 Å². The molecule has 3 N–H and O–H groups in total.